The van der Waals surface area contributed by atoms with Gasteiger partial charge in [-0.05, 0) is 48.0 Å². The summed E-state index contributed by atoms with van der Waals surface area (Å²) in [5.74, 6) is -0.956. The van der Waals surface area contributed by atoms with Crippen LogP contribution >= 0.6 is 0 Å². The molecule has 2 amide bonds. The van der Waals surface area contributed by atoms with Crippen LogP contribution in [0.3, 0.4) is 0 Å². The van der Waals surface area contributed by atoms with Gasteiger partial charge in [0, 0.05) is 34.4 Å². The Morgan fingerprint density at radius 3 is 2.68 bits per heavy atom. The van der Waals surface area contributed by atoms with E-state index in [0.717, 1.165) is 5.56 Å². The van der Waals surface area contributed by atoms with Gasteiger partial charge in [-0.15, -0.1) is 0 Å². The minimum absolute atomic E-state index is 0.149. The summed E-state index contributed by atoms with van der Waals surface area (Å²) in [5, 5.41) is 3.71. The number of amides is 2. The quantitative estimate of drug-likeness (QED) is 0.491. The molecule has 1 aromatic heterocycles. The summed E-state index contributed by atoms with van der Waals surface area (Å²) in [7, 11) is 0. The fourth-order valence-electron chi connectivity index (χ4n) is 3.22. The lowest BCUT2D eigenvalue weighted by atomic mass is 10.1. The van der Waals surface area contributed by atoms with Gasteiger partial charge in [0.05, 0.1) is 5.56 Å². The average molecular weight is 415 g/mol. The van der Waals surface area contributed by atoms with Crippen LogP contribution in [0.5, 0.6) is 5.75 Å². The lowest BCUT2D eigenvalue weighted by Crippen LogP contribution is -2.14. The van der Waals surface area contributed by atoms with Crippen LogP contribution in [0.2, 0.25) is 0 Å². The number of benzene rings is 3. The number of aromatic nitrogens is 1. The van der Waals surface area contributed by atoms with Gasteiger partial charge in [0.15, 0.2) is 0 Å². The molecule has 0 unspecified atom stereocenters. The molecule has 0 atom stereocenters. The highest BCUT2D eigenvalue weighted by molar-refractivity contribution is 6.09. The number of carbonyl (C=O) groups excluding carboxylic acids is 2. The third kappa shape index (κ3) is 4.35. The maximum atomic E-state index is 14.0. The number of para-hydroxylation sites is 1. The first-order chi connectivity index (χ1) is 15.0. The van der Waals surface area contributed by atoms with Crippen LogP contribution < -0.4 is 15.8 Å². The molecule has 4 rings (SSSR count). The number of anilines is 1. The van der Waals surface area contributed by atoms with E-state index in [1.54, 1.807) is 54.7 Å². The number of primary amides is 1. The Kier molecular flexibility index (Phi) is 5.57. The second kappa shape index (κ2) is 8.62. The van der Waals surface area contributed by atoms with E-state index in [2.05, 4.69) is 10.3 Å². The summed E-state index contributed by atoms with van der Waals surface area (Å²) in [6.07, 6.45) is 2.96. The van der Waals surface area contributed by atoms with Crippen molar-refractivity contribution in [1.29, 1.82) is 0 Å². The molecule has 0 spiro atoms. The molecule has 6 nitrogen and oxygen atoms in total. The van der Waals surface area contributed by atoms with Gasteiger partial charge in [-0.25, -0.2) is 4.39 Å². The Morgan fingerprint density at radius 1 is 1.00 bits per heavy atom. The maximum Gasteiger partial charge on any atom is 0.255 e. The molecule has 0 saturated heterocycles. The van der Waals surface area contributed by atoms with Crippen molar-refractivity contribution in [1.82, 2.24) is 4.98 Å². The lowest BCUT2D eigenvalue weighted by molar-refractivity contribution is 0.0994. The fourth-order valence-corrected chi connectivity index (χ4v) is 3.22. The van der Waals surface area contributed by atoms with E-state index < -0.39 is 11.7 Å². The zero-order valence-corrected chi connectivity index (χ0v) is 16.3. The standard InChI is InChI=1S/C24H18FN3O3/c25-20-8-9-21(17-10-11-27-13-19(17)20)28-24(30)16-5-3-4-15(12-16)14-31-22-7-2-1-6-18(22)23(26)29/h1-13H,14H2,(H2,26,29)(H,28,30). The third-order valence-corrected chi connectivity index (χ3v) is 4.75. The molecule has 3 N–H and O–H groups in total. The molecular weight excluding hydrogens is 397 g/mol. The molecular formula is C24H18FN3O3. The molecule has 0 bridgehead atoms. The lowest BCUT2D eigenvalue weighted by Gasteiger charge is -2.11. The summed E-state index contributed by atoms with van der Waals surface area (Å²) in [6.45, 7) is 0.149. The van der Waals surface area contributed by atoms with Crippen molar-refractivity contribution in [2.75, 3.05) is 5.32 Å². The third-order valence-electron chi connectivity index (χ3n) is 4.75. The number of halogens is 1. The summed E-state index contributed by atoms with van der Waals surface area (Å²) >= 11 is 0. The molecule has 0 aliphatic heterocycles. The minimum atomic E-state index is -0.578. The molecule has 31 heavy (non-hydrogen) atoms. The zero-order valence-electron chi connectivity index (χ0n) is 16.3. The SMILES string of the molecule is NC(=O)c1ccccc1OCc1cccc(C(=O)Nc2ccc(F)c3cnccc23)c1. The average Bonchev–Trinajstić information content (AvgIpc) is 2.80. The van der Waals surface area contributed by atoms with Gasteiger partial charge in [0.25, 0.3) is 11.8 Å². The first-order valence-electron chi connectivity index (χ1n) is 9.47. The number of nitrogens with one attached hydrogen (secondary N) is 1. The van der Waals surface area contributed by atoms with Crippen LogP contribution in [0.15, 0.2) is 79.1 Å². The topological polar surface area (TPSA) is 94.3 Å². The van der Waals surface area contributed by atoms with Crippen LogP contribution in [0, 0.1) is 5.82 Å². The van der Waals surface area contributed by atoms with E-state index in [1.807, 2.05) is 6.07 Å². The van der Waals surface area contributed by atoms with E-state index in [4.69, 9.17) is 10.5 Å². The Bertz CT molecular complexity index is 1290. The number of pyridine rings is 1. The number of carbonyl (C=O) groups is 2. The summed E-state index contributed by atoms with van der Waals surface area (Å²) in [4.78, 5) is 28.2. The molecule has 4 aromatic rings. The number of hydrogen-bond acceptors (Lipinski definition) is 4. The van der Waals surface area contributed by atoms with Crippen molar-refractivity contribution in [3.63, 3.8) is 0 Å². The maximum absolute atomic E-state index is 14.0. The number of ether oxygens (including phenoxy) is 1. The first kappa shape index (κ1) is 20.0. The van der Waals surface area contributed by atoms with E-state index in [1.165, 1.54) is 18.3 Å². The smallest absolute Gasteiger partial charge is 0.255 e. The molecule has 154 valence electrons. The number of nitrogens with zero attached hydrogens (tertiary/aromatic N) is 1. The van der Waals surface area contributed by atoms with Crippen molar-refractivity contribution in [2.24, 2.45) is 5.73 Å². The van der Waals surface area contributed by atoms with Crippen molar-refractivity contribution in [2.45, 2.75) is 6.61 Å². The summed E-state index contributed by atoms with van der Waals surface area (Å²) < 4.78 is 19.7. The van der Waals surface area contributed by atoms with Gasteiger partial charge in [0.1, 0.15) is 18.2 Å². The van der Waals surface area contributed by atoms with Crippen LogP contribution in [-0.2, 0) is 6.61 Å². The molecule has 0 fully saturated rings. The number of hydrogen-bond donors (Lipinski definition) is 2. The van der Waals surface area contributed by atoms with Crippen molar-refractivity contribution < 1.29 is 18.7 Å². The van der Waals surface area contributed by atoms with Gasteiger partial charge in [-0.3, -0.25) is 14.6 Å². The van der Waals surface area contributed by atoms with Crippen molar-refractivity contribution in [3.8, 4) is 5.75 Å². The van der Waals surface area contributed by atoms with Crippen molar-refractivity contribution in [3.05, 3.63) is 102 Å². The predicted molar refractivity (Wildman–Crippen MR) is 115 cm³/mol. The Balaban J connectivity index is 1.52. The summed E-state index contributed by atoms with van der Waals surface area (Å²) in [6, 6.07) is 18.1. The van der Waals surface area contributed by atoms with Crippen LogP contribution in [0.1, 0.15) is 26.3 Å². The second-order valence-electron chi connectivity index (χ2n) is 6.82. The molecule has 7 heteroatoms. The largest absolute Gasteiger partial charge is 0.488 e. The zero-order chi connectivity index (χ0) is 21.8. The summed E-state index contributed by atoms with van der Waals surface area (Å²) in [5.41, 5.74) is 7.29. The highest BCUT2D eigenvalue weighted by Gasteiger charge is 2.12. The highest BCUT2D eigenvalue weighted by atomic mass is 19.1. The van der Waals surface area contributed by atoms with Crippen LogP contribution in [-0.4, -0.2) is 16.8 Å². The highest BCUT2D eigenvalue weighted by Crippen LogP contribution is 2.26. The molecule has 0 aliphatic rings. The second-order valence-corrected chi connectivity index (χ2v) is 6.82. The Hall–Kier alpha value is -4.26. The minimum Gasteiger partial charge on any atom is -0.488 e. The van der Waals surface area contributed by atoms with Crippen molar-refractivity contribution >= 4 is 28.3 Å². The van der Waals surface area contributed by atoms with Gasteiger partial charge in [0.2, 0.25) is 0 Å². The predicted octanol–water partition coefficient (Wildman–Crippen LogP) is 4.30. The molecule has 0 aliphatic carbocycles. The molecule has 3 aromatic carbocycles. The molecule has 1 heterocycles. The monoisotopic (exact) mass is 415 g/mol. The van der Waals surface area contributed by atoms with Crippen LogP contribution in [0.25, 0.3) is 10.8 Å². The van der Waals surface area contributed by atoms with E-state index in [-0.39, 0.29) is 18.1 Å². The van der Waals surface area contributed by atoms with Gasteiger partial charge in [-0.2, -0.15) is 0 Å². The fraction of sp³-hybridized carbons (Fsp3) is 0.0417. The van der Waals surface area contributed by atoms with Gasteiger partial charge >= 0.3 is 0 Å². The Labute approximate surface area is 177 Å². The molecule has 0 radical (unpaired) electrons. The first-order valence-corrected chi connectivity index (χ1v) is 9.47. The number of rotatable bonds is 6. The number of nitrogens with two attached hydrogens (primary N) is 1. The Morgan fingerprint density at radius 2 is 1.84 bits per heavy atom. The number of fused-ring (bicyclic) bond motifs is 1. The van der Waals surface area contributed by atoms with Gasteiger partial charge < -0.3 is 15.8 Å². The van der Waals surface area contributed by atoms with Gasteiger partial charge in [-0.1, -0.05) is 24.3 Å². The molecule has 0 saturated carbocycles. The normalized spacial score (nSPS) is 10.6. The van der Waals surface area contributed by atoms with E-state index in [9.17, 15) is 14.0 Å². The van der Waals surface area contributed by atoms with E-state index >= 15 is 0 Å². The van der Waals surface area contributed by atoms with Crippen LogP contribution in [0.4, 0.5) is 10.1 Å². The van der Waals surface area contributed by atoms with E-state index in [0.29, 0.717) is 27.8 Å².